The van der Waals surface area contributed by atoms with E-state index in [2.05, 4.69) is 31.5 Å². The van der Waals surface area contributed by atoms with Crippen LogP contribution in [0, 0.1) is 10.1 Å². The summed E-state index contributed by atoms with van der Waals surface area (Å²) in [4.78, 5) is 27.7. The van der Waals surface area contributed by atoms with E-state index in [1.165, 1.54) is 12.1 Å². The summed E-state index contributed by atoms with van der Waals surface area (Å²) in [6.07, 6.45) is 1.66. The summed E-state index contributed by atoms with van der Waals surface area (Å²) in [5.41, 5.74) is 1.70. The normalized spacial score (nSPS) is 11.5. The molecule has 0 saturated carbocycles. The first-order chi connectivity index (χ1) is 13.4. The van der Waals surface area contributed by atoms with Crippen molar-refractivity contribution in [1.29, 1.82) is 0 Å². The minimum absolute atomic E-state index is 0.175. The minimum Gasteiger partial charge on any atom is -0.371 e. The van der Waals surface area contributed by atoms with Gasteiger partial charge in [0.25, 0.3) is 11.6 Å². The van der Waals surface area contributed by atoms with Crippen LogP contribution in [0.25, 0.3) is 0 Å². The molecule has 3 aromatic rings. The summed E-state index contributed by atoms with van der Waals surface area (Å²) in [6.45, 7) is 1.86. The molecular weight excluding hydrogens is 424 g/mol. The first-order valence-corrected chi connectivity index (χ1v) is 9.26. The molecule has 3 rings (SSSR count). The molecule has 2 N–H and O–H groups in total. The molecule has 0 aliphatic carbocycles. The number of benzene rings is 2. The number of nitrogens with one attached hydrogen (secondary N) is 2. The molecule has 0 fully saturated rings. The van der Waals surface area contributed by atoms with Gasteiger partial charge in [0, 0.05) is 28.0 Å². The van der Waals surface area contributed by atoms with E-state index in [0.717, 1.165) is 10.2 Å². The number of nitro benzene ring substituents is 1. The van der Waals surface area contributed by atoms with E-state index in [1.54, 1.807) is 42.6 Å². The second kappa shape index (κ2) is 8.62. The van der Waals surface area contributed by atoms with Gasteiger partial charge in [-0.05, 0) is 55.5 Å². The number of aromatic nitrogens is 1. The molecule has 0 saturated heterocycles. The molecule has 1 aromatic heterocycles. The first-order valence-electron chi connectivity index (χ1n) is 8.47. The van der Waals surface area contributed by atoms with Crippen LogP contribution in [0.2, 0.25) is 0 Å². The number of hydrogen-bond acceptors (Lipinski definition) is 5. The first kappa shape index (κ1) is 19.5. The molecule has 0 bridgehead atoms. The average molecular weight is 441 g/mol. The predicted molar refractivity (Wildman–Crippen MR) is 111 cm³/mol. The fourth-order valence-electron chi connectivity index (χ4n) is 2.62. The van der Waals surface area contributed by atoms with E-state index in [9.17, 15) is 14.9 Å². The molecule has 7 nitrogen and oxygen atoms in total. The molecule has 0 spiro atoms. The van der Waals surface area contributed by atoms with Crippen molar-refractivity contribution in [3.63, 3.8) is 0 Å². The fourth-order valence-corrected chi connectivity index (χ4v) is 2.89. The number of rotatable bonds is 6. The van der Waals surface area contributed by atoms with Crippen LogP contribution in [0.1, 0.15) is 29.0 Å². The molecule has 1 unspecified atom stereocenters. The van der Waals surface area contributed by atoms with Crippen LogP contribution >= 0.6 is 15.9 Å². The van der Waals surface area contributed by atoms with Gasteiger partial charge in [0.1, 0.15) is 5.69 Å². The van der Waals surface area contributed by atoms with Gasteiger partial charge in [-0.1, -0.05) is 22.0 Å². The lowest BCUT2D eigenvalue weighted by molar-refractivity contribution is -0.384. The van der Waals surface area contributed by atoms with E-state index in [4.69, 9.17) is 0 Å². The number of hydrogen-bond donors (Lipinski definition) is 2. The van der Waals surface area contributed by atoms with Crippen molar-refractivity contribution in [3.8, 4) is 0 Å². The maximum absolute atomic E-state index is 12.5. The second-order valence-electron chi connectivity index (χ2n) is 6.07. The third-order valence-corrected chi connectivity index (χ3v) is 4.59. The fraction of sp³-hybridized carbons (Fsp3) is 0.100. The molecule has 1 atom stereocenters. The van der Waals surface area contributed by atoms with Crippen molar-refractivity contribution in [2.24, 2.45) is 0 Å². The molecule has 28 heavy (non-hydrogen) atoms. The van der Waals surface area contributed by atoms with E-state index >= 15 is 0 Å². The van der Waals surface area contributed by atoms with Crippen molar-refractivity contribution in [3.05, 3.63) is 92.7 Å². The molecule has 1 heterocycles. The zero-order valence-corrected chi connectivity index (χ0v) is 16.5. The average Bonchev–Trinajstić information content (AvgIpc) is 2.70. The van der Waals surface area contributed by atoms with E-state index in [-0.39, 0.29) is 17.3 Å². The van der Waals surface area contributed by atoms with Crippen LogP contribution < -0.4 is 10.6 Å². The van der Waals surface area contributed by atoms with Crippen molar-refractivity contribution >= 4 is 38.9 Å². The Balaban J connectivity index is 1.81. The molecule has 2 aromatic carbocycles. The number of carbonyl (C=O) groups is 1. The zero-order valence-electron chi connectivity index (χ0n) is 14.9. The monoisotopic (exact) mass is 440 g/mol. The third kappa shape index (κ3) is 4.72. The number of anilines is 2. The maximum Gasteiger partial charge on any atom is 0.293 e. The van der Waals surface area contributed by atoms with E-state index in [1.807, 2.05) is 19.1 Å². The number of amides is 1. The lowest BCUT2D eigenvalue weighted by Gasteiger charge is -2.15. The summed E-state index contributed by atoms with van der Waals surface area (Å²) in [5.74, 6) is -0.422. The van der Waals surface area contributed by atoms with Crippen LogP contribution in [0.15, 0.2) is 71.3 Å². The van der Waals surface area contributed by atoms with Crippen molar-refractivity contribution in [2.45, 2.75) is 13.0 Å². The summed E-state index contributed by atoms with van der Waals surface area (Å²) < 4.78 is 0.888. The Hall–Kier alpha value is -3.26. The SMILES string of the molecule is CC(Nc1ccc(C(=O)Nc2ccc(Br)cc2)cc1[N+](=O)[O-])c1ccccn1. The number of nitrogens with zero attached hydrogens (tertiary/aromatic N) is 2. The molecule has 0 aliphatic rings. The number of nitro groups is 1. The maximum atomic E-state index is 12.5. The summed E-state index contributed by atoms with van der Waals surface area (Å²) in [6, 6.07) is 16.7. The predicted octanol–water partition coefficient (Wildman–Crippen LogP) is 5.18. The third-order valence-electron chi connectivity index (χ3n) is 4.06. The Labute approximate surface area is 170 Å². The largest absolute Gasteiger partial charge is 0.371 e. The zero-order chi connectivity index (χ0) is 20.1. The van der Waals surface area contributed by atoms with Gasteiger partial charge in [0.15, 0.2) is 0 Å². The van der Waals surface area contributed by atoms with Gasteiger partial charge < -0.3 is 10.6 Å². The van der Waals surface area contributed by atoms with Crippen LogP contribution in [-0.2, 0) is 0 Å². The summed E-state index contributed by atoms with van der Waals surface area (Å²) in [7, 11) is 0. The van der Waals surface area contributed by atoms with E-state index in [0.29, 0.717) is 11.4 Å². The van der Waals surface area contributed by atoms with Crippen molar-refractivity contribution < 1.29 is 9.72 Å². The number of halogens is 1. The lowest BCUT2D eigenvalue weighted by atomic mass is 10.1. The summed E-state index contributed by atoms with van der Waals surface area (Å²) >= 11 is 3.33. The Morgan fingerprint density at radius 3 is 2.54 bits per heavy atom. The Kier molecular flexibility index (Phi) is 6.00. The highest BCUT2D eigenvalue weighted by atomic mass is 79.9. The smallest absolute Gasteiger partial charge is 0.293 e. The molecule has 1 amide bonds. The topological polar surface area (TPSA) is 97.2 Å². The van der Waals surface area contributed by atoms with Gasteiger partial charge in [0.2, 0.25) is 0 Å². The molecule has 0 radical (unpaired) electrons. The minimum atomic E-state index is -0.510. The van der Waals surface area contributed by atoms with Crippen LogP contribution in [-0.4, -0.2) is 15.8 Å². The quantitative estimate of drug-likeness (QED) is 0.406. The van der Waals surface area contributed by atoms with Crippen molar-refractivity contribution in [2.75, 3.05) is 10.6 Å². The molecule has 8 heteroatoms. The lowest BCUT2D eigenvalue weighted by Crippen LogP contribution is -2.14. The number of pyridine rings is 1. The molecular formula is C20H17BrN4O3. The highest BCUT2D eigenvalue weighted by Gasteiger charge is 2.19. The van der Waals surface area contributed by atoms with Crippen LogP contribution in [0.5, 0.6) is 0 Å². The highest BCUT2D eigenvalue weighted by molar-refractivity contribution is 9.10. The second-order valence-corrected chi connectivity index (χ2v) is 6.99. The molecule has 142 valence electrons. The molecule has 0 aliphatic heterocycles. The van der Waals surface area contributed by atoms with E-state index < -0.39 is 10.8 Å². The highest BCUT2D eigenvalue weighted by Crippen LogP contribution is 2.29. The van der Waals surface area contributed by atoms with Gasteiger partial charge in [-0.25, -0.2) is 0 Å². The van der Waals surface area contributed by atoms with Gasteiger partial charge in [0.05, 0.1) is 16.7 Å². The standard InChI is InChI=1S/C20H17BrN4O3/c1-13(17-4-2-3-11-22-17)23-18-10-5-14(12-19(18)25(27)28)20(26)24-16-8-6-15(21)7-9-16/h2-13,23H,1H3,(H,24,26). The Bertz CT molecular complexity index is 994. The van der Waals surface area contributed by atoms with Gasteiger partial charge in [-0.2, -0.15) is 0 Å². The Morgan fingerprint density at radius 2 is 1.89 bits per heavy atom. The van der Waals surface area contributed by atoms with Crippen molar-refractivity contribution in [1.82, 2.24) is 4.98 Å². The Morgan fingerprint density at radius 1 is 1.14 bits per heavy atom. The van der Waals surface area contributed by atoms with Crippen LogP contribution in [0.3, 0.4) is 0 Å². The van der Waals surface area contributed by atoms with Gasteiger partial charge in [-0.3, -0.25) is 19.9 Å². The van der Waals surface area contributed by atoms with Crippen LogP contribution in [0.4, 0.5) is 17.1 Å². The summed E-state index contributed by atoms with van der Waals surface area (Å²) in [5, 5.41) is 17.3. The number of carbonyl (C=O) groups excluding carboxylic acids is 1. The van der Waals surface area contributed by atoms with Gasteiger partial charge in [-0.15, -0.1) is 0 Å². The van der Waals surface area contributed by atoms with Gasteiger partial charge >= 0.3 is 0 Å².